The van der Waals surface area contributed by atoms with Crippen LogP contribution >= 0.6 is 11.8 Å². The van der Waals surface area contributed by atoms with Gasteiger partial charge in [-0.1, -0.05) is 143 Å². The fourth-order valence-electron chi connectivity index (χ4n) is 12.9. The van der Waals surface area contributed by atoms with Gasteiger partial charge in [0.1, 0.15) is 11.5 Å². The molecule has 10 aromatic carbocycles. The number of ether oxygens (including phenoxy) is 1. The summed E-state index contributed by atoms with van der Waals surface area (Å²) in [5.41, 5.74) is 26.5. The number of fused-ring (bicyclic) bond motifs is 9. The van der Waals surface area contributed by atoms with E-state index in [9.17, 15) is 0 Å². The van der Waals surface area contributed by atoms with E-state index in [-0.39, 0.29) is 17.5 Å². The molecule has 10 aromatic rings. The number of hydrogen-bond acceptors (Lipinski definition) is 5. The molecule has 4 aliphatic rings. The SMILES string of the molecule is Cc1cc2c3c(c1)N(c1ccc(-c4c(C)cc(N5c6ccccc6Sc6ccccc65)cc4C)cc1)c1cc(C(C)(C)C)ccc1B3c1cc3c(cc1O2)-c1ccc(N(c2ccccc2)c2ccccc2)cc1C3(C)C. The van der Waals surface area contributed by atoms with Gasteiger partial charge in [-0.3, -0.25) is 0 Å². The van der Waals surface area contributed by atoms with E-state index in [1.807, 2.05) is 11.8 Å². The first kappa shape index (κ1) is 46.4. The Labute approximate surface area is 452 Å². The summed E-state index contributed by atoms with van der Waals surface area (Å²) in [6, 6.07) is 76.7. The fourth-order valence-corrected chi connectivity index (χ4v) is 13.9. The normalized spacial score (nSPS) is 14.1. The zero-order valence-electron chi connectivity index (χ0n) is 44.4. The van der Waals surface area contributed by atoms with E-state index in [1.165, 1.54) is 110 Å². The highest BCUT2D eigenvalue weighted by Crippen LogP contribution is 2.54. The van der Waals surface area contributed by atoms with Crippen molar-refractivity contribution < 1.29 is 4.74 Å². The Morgan fingerprint density at radius 1 is 0.487 bits per heavy atom. The Bertz CT molecular complexity index is 3900. The smallest absolute Gasteiger partial charge is 0.256 e. The van der Waals surface area contributed by atoms with Crippen LogP contribution in [0.1, 0.15) is 68.0 Å². The van der Waals surface area contributed by atoms with E-state index in [1.54, 1.807) is 0 Å². The van der Waals surface area contributed by atoms with E-state index < -0.39 is 0 Å². The molecule has 0 N–H and O–H groups in total. The number of rotatable bonds is 6. The van der Waals surface area contributed by atoms with Gasteiger partial charge in [0, 0.05) is 55.0 Å². The van der Waals surface area contributed by atoms with Gasteiger partial charge in [-0.2, -0.15) is 0 Å². The van der Waals surface area contributed by atoms with E-state index >= 15 is 0 Å². The molecule has 0 saturated heterocycles. The number of hydrogen-bond donors (Lipinski definition) is 0. The van der Waals surface area contributed by atoms with Gasteiger partial charge in [0.2, 0.25) is 0 Å². The zero-order chi connectivity index (χ0) is 51.8. The van der Waals surface area contributed by atoms with Crippen molar-refractivity contribution in [3.8, 4) is 33.8 Å². The maximum atomic E-state index is 7.22. The molecule has 6 heteroatoms. The summed E-state index contributed by atoms with van der Waals surface area (Å²) in [7, 11) is 0. The standard InChI is InChI=1S/C70H58BN3OS/c1-43-35-62-68-64(36-43)75-63-41-54-53-33-32-51(72(48-19-11-9-12-20-48)49-21-13-10-14-22-49)40-55(53)70(7,8)56(54)42-58(63)71(68)57-34-29-47(69(4,5)6)39-61(57)73(62)50-30-27-46(28-31-50)67-44(2)37-52(38-45(67)3)74-59-23-15-17-25-65(59)76-66-26-18-16-24-60(66)74/h9-42H,1-8H3. The van der Waals surface area contributed by atoms with Crippen molar-refractivity contribution in [3.63, 3.8) is 0 Å². The maximum absolute atomic E-state index is 7.22. The van der Waals surface area contributed by atoms with E-state index in [0.29, 0.717) is 0 Å². The lowest BCUT2D eigenvalue weighted by Gasteiger charge is -2.41. The summed E-state index contributed by atoms with van der Waals surface area (Å²) < 4.78 is 7.22. The zero-order valence-corrected chi connectivity index (χ0v) is 45.2. The Morgan fingerprint density at radius 3 is 1.74 bits per heavy atom. The first-order valence-electron chi connectivity index (χ1n) is 26.7. The van der Waals surface area contributed by atoms with E-state index in [2.05, 4.69) is 276 Å². The Morgan fingerprint density at radius 2 is 1.09 bits per heavy atom. The monoisotopic (exact) mass is 999 g/mol. The quantitative estimate of drug-likeness (QED) is 0.154. The minimum atomic E-state index is -0.271. The van der Waals surface area contributed by atoms with Crippen LogP contribution in [0.25, 0.3) is 22.3 Å². The molecule has 76 heavy (non-hydrogen) atoms. The molecule has 0 unspecified atom stereocenters. The molecule has 0 saturated carbocycles. The van der Waals surface area contributed by atoms with Crippen LogP contribution in [0, 0.1) is 20.8 Å². The molecule has 14 rings (SSSR count). The third-order valence-corrected chi connectivity index (χ3v) is 17.6. The lowest BCUT2D eigenvalue weighted by atomic mass is 9.34. The Kier molecular flexibility index (Phi) is 10.5. The third-order valence-electron chi connectivity index (χ3n) is 16.5. The highest BCUT2D eigenvalue weighted by atomic mass is 32.2. The Hall–Kier alpha value is -8.19. The minimum Gasteiger partial charge on any atom is -0.458 e. The summed E-state index contributed by atoms with van der Waals surface area (Å²) in [5.74, 6) is 1.86. The molecule has 0 aromatic heterocycles. The van der Waals surface area contributed by atoms with Crippen LogP contribution in [0.5, 0.6) is 11.5 Å². The fraction of sp³-hybridized carbons (Fsp3) is 0.143. The molecule has 0 radical (unpaired) electrons. The summed E-state index contributed by atoms with van der Waals surface area (Å²) in [4.78, 5) is 9.85. The van der Waals surface area contributed by atoms with Crippen LogP contribution in [-0.4, -0.2) is 6.71 Å². The van der Waals surface area contributed by atoms with Crippen LogP contribution in [0.4, 0.5) is 51.2 Å². The molecule has 0 amide bonds. The molecule has 368 valence electrons. The molecule has 0 spiro atoms. The van der Waals surface area contributed by atoms with Crippen LogP contribution in [0.15, 0.2) is 216 Å². The van der Waals surface area contributed by atoms with Gasteiger partial charge in [-0.05, 0) is 207 Å². The molecule has 3 aliphatic heterocycles. The molecule has 3 heterocycles. The highest BCUT2D eigenvalue weighted by molar-refractivity contribution is 7.99. The van der Waals surface area contributed by atoms with Crippen LogP contribution in [0.2, 0.25) is 0 Å². The van der Waals surface area contributed by atoms with Crippen molar-refractivity contribution in [3.05, 3.63) is 240 Å². The number of aryl methyl sites for hydroxylation is 3. The number of anilines is 9. The molecular weight excluding hydrogens is 942 g/mol. The van der Waals surface area contributed by atoms with Gasteiger partial charge in [0.05, 0.1) is 11.4 Å². The van der Waals surface area contributed by atoms with Crippen LogP contribution in [0.3, 0.4) is 0 Å². The molecule has 1 aliphatic carbocycles. The van der Waals surface area contributed by atoms with Gasteiger partial charge >= 0.3 is 0 Å². The topological polar surface area (TPSA) is 19.0 Å². The van der Waals surface area contributed by atoms with Gasteiger partial charge in [0.15, 0.2) is 0 Å². The van der Waals surface area contributed by atoms with Crippen LogP contribution < -0.4 is 35.8 Å². The lowest BCUT2D eigenvalue weighted by molar-refractivity contribution is 0.487. The number of para-hydroxylation sites is 4. The van der Waals surface area contributed by atoms with Gasteiger partial charge in [-0.15, -0.1) is 0 Å². The van der Waals surface area contributed by atoms with Crippen molar-refractivity contribution in [1.29, 1.82) is 0 Å². The predicted octanol–water partition coefficient (Wildman–Crippen LogP) is 17.7. The number of nitrogens with zero attached hydrogens (tertiary/aromatic N) is 3. The van der Waals surface area contributed by atoms with E-state index in [4.69, 9.17) is 4.74 Å². The highest BCUT2D eigenvalue weighted by Gasteiger charge is 2.45. The largest absolute Gasteiger partial charge is 0.458 e. The van der Waals surface area contributed by atoms with Crippen molar-refractivity contribution >= 4 is 86.0 Å². The lowest BCUT2D eigenvalue weighted by Crippen LogP contribution is -2.59. The molecule has 0 atom stereocenters. The van der Waals surface area contributed by atoms with E-state index in [0.717, 1.165) is 34.2 Å². The predicted molar refractivity (Wildman–Crippen MR) is 322 cm³/mol. The summed E-state index contributed by atoms with van der Waals surface area (Å²) >= 11 is 1.85. The third kappa shape index (κ3) is 7.21. The average Bonchev–Trinajstić information content (AvgIpc) is 3.65. The minimum absolute atomic E-state index is 0.0258. The molecule has 4 nitrogen and oxygen atoms in total. The first-order valence-corrected chi connectivity index (χ1v) is 27.5. The molecular formula is C70H58BN3OS. The summed E-state index contributed by atoms with van der Waals surface area (Å²) in [5, 5.41) is 0. The van der Waals surface area contributed by atoms with Gasteiger partial charge in [-0.25, -0.2) is 0 Å². The van der Waals surface area contributed by atoms with Crippen molar-refractivity contribution in [2.75, 3.05) is 14.7 Å². The summed E-state index contributed by atoms with van der Waals surface area (Å²) in [6.45, 7) is 18.5. The average molecular weight is 1000 g/mol. The molecule has 0 fully saturated rings. The second kappa shape index (κ2) is 17.2. The van der Waals surface area contributed by atoms with Crippen molar-refractivity contribution in [2.45, 2.75) is 76.0 Å². The maximum Gasteiger partial charge on any atom is 0.256 e. The van der Waals surface area contributed by atoms with Crippen molar-refractivity contribution in [2.24, 2.45) is 0 Å². The van der Waals surface area contributed by atoms with Crippen molar-refractivity contribution in [1.82, 2.24) is 0 Å². The number of benzene rings is 10. The van der Waals surface area contributed by atoms with Gasteiger partial charge in [0.25, 0.3) is 6.71 Å². The molecule has 0 bridgehead atoms. The second-order valence-corrected chi connectivity index (χ2v) is 23.8. The Balaban J connectivity index is 0.863. The first-order chi connectivity index (χ1) is 36.8. The summed E-state index contributed by atoms with van der Waals surface area (Å²) in [6.07, 6.45) is 0. The second-order valence-electron chi connectivity index (χ2n) is 22.8. The van der Waals surface area contributed by atoms with Gasteiger partial charge < -0.3 is 19.4 Å². The van der Waals surface area contributed by atoms with Crippen LogP contribution in [-0.2, 0) is 10.8 Å².